The lowest BCUT2D eigenvalue weighted by atomic mass is 10.2. The fourth-order valence-electron chi connectivity index (χ4n) is 1.22. The van der Waals surface area contributed by atoms with E-state index in [0.717, 1.165) is 19.0 Å². The first-order valence-corrected chi connectivity index (χ1v) is 5.98. The van der Waals surface area contributed by atoms with Gasteiger partial charge in [-0.2, -0.15) is 0 Å². The molecule has 1 heterocycles. The molecule has 5 heteroatoms. The van der Waals surface area contributed by atoms with Gasteiger partial charge in [-0.05, 0) is 12.8 Å². The number of rotatable bonds is 8. The molecule has 1 N–H and O–H groups in total. The third-order valence-electron chi connectivity index (χ3n) is 1.93. The van der Waals surface area contributed by atoms with Crippen LogP contribution in [0.15, 0.2) is 12.4 Å². The lowest BCUT2D eigenvalue weighted by Crippen LogP contribution is -2.11. The maximum absolute atomic E-state index is 5.46. The van der Waals surface area contributed by atoms with Crippen molar-refractivity contribution in [3.63, 3.8) is 0 Å². The number of anilines is 1. The van der Waals surface area contributed by atoms with Crippen molar-refractivity contribution in [1.82, 2.24) is 9.97 Å². The second kappa shape index (κ2) is 7.84. The van der Waals surface area contributed by atoms with Crippen molar-refractivity contribution in [3.05, 3.63) is 12.4 Å². The molecule has 5 nitrogen and oxygen atoms in total. The van der Waals surface area contributed by atoms with Gasteiger partial charge < -0.3 is 14.8 Å². The first kappa shape index (κ1) is 13.7. The topological polar surface area (TPSA) is 56.3 Å². The SMILES string of the molecule is CCNc1cc(OCCOCC(C)C)ncn1. The summed E-state index contributed by atoms with van der Waals surface area (Å²) in [6.45, 7) is 8.93. The molecule has 0 fully saturated rings. The van der Waals surface area contributed by atoms with Crippen molar-refractivity contribution in [2.24, 2.45) is 5.92 Å². The van der Waals surface area contributed by atoms with Gasteiger partial charge in [0.05, 0.1) is 6.61 Å². The van der Waals surface area contributed by atoms with E-state index < -0.39 is 0 Å². The molecule has 0 unspecified atom stereocenters. The number of ether oxygens (including phenoxy) is 2. The van der Waals surface area contributed by atoms with E-state index in [4.69, 9.17) is 9.47 Å². The largest absolute Gasteiger partial charge is 0.475 e. The van der Waals surface area contributed by atoms with Gasteiger partial charge in [0.25, 0.3) is 0 Å². The molecule has 17 heavy (non-hydrogen) atoms. The van der Waals surface area contributed by atoms with E-state index in [9.17, 15) is 0 Å². The minimum absolute atomic E-state index is 0.509. The lowest BCUT2D eigenvalue weighted by Gasteiger charge is -2.08. The van der Waals surface area contributed by atoms with Crippen LogP contribution in [0.5, 0.6) is 5.88 Å². The Morgan fingerprint density at radius 3 is 2.82 bits per heavy atom. The van der Waals surface area contributed by atoms with Crippen molar-refractivity contribution in [3.8, 4) is 5.88 Å². The predicted molar refractivity (Wildman–Crippen MR) is 67.3 cm³/mol. The van der Waals surface area contributed by atoms with Crippen LogP contribution < -0.4 is 10.1 Å². The highest BCUT2D eigenvalue weighted by Gasteiger charge is 1.99. The van der Waals surface area contributed by atoms with Crippen LogP contribution in [0.3, 0.4) is 0 Å². The third kappa shape index (κ3) is 6.06. The molecule has 1 rings (SSSR count). The van der Waals surface area contributed by atoms with E-state index in [1.54, 1.807) is 6.07 Å². The van der Waals surface area contributed by atoms with E-state index in [1.807, 2.05) is 6.92 Å². The van der Waals surface area contributed by atoms with Gasteiger partial charge in [0.1, 0.15) is 18.8 Å². The summed E-state index contributed by atoms with van der Waals surface area (Å²) in [4.78, 5) is 8.09. The third-order valence-corrected chi connectivity index (χ3v) is 1.93. The standard InChI is InChI=1S/C12H21N3O2/c1-4-13-11-7-12(15-9-14-11)17-6-5-16-8-10(2)3/h7,9-10H,4-6,8H2,1-3H3,(H,13,14,15). The number of nitrogens with zero attached hydrogens (tertiary/aromatic N) is 2. The molecular weight excluding hydrogens is 218 g/mol. The molecule has 0 aliphatic rings. The number of hydrogen-bond acceptors (Lipinski definition) is 5. The van der Waals surface area contributed by atoms with E-state index in [2.05, 4.69) is 29.1 Å². The Labute approximate surface area is 103 Å². The predicted octanol–water partition coefficient (Wildman–Crippen LogP) is 1.96. The number of nitrogens with one attached hydrogen (secondary N) is 1. The van der Waals surface area contributed by atoms with Crippen LogP contribution in [0, 0.1) is 5.92 Å². The first-order chi connectivity index (χ1) is 8.22. The van der Waals surface area contributed by atoms with E-state index >= 15 is 0 Å². The van der Waals surface area contributed by atoms with E-state index in [-0.39, 0.29) is 0 Å². The molecular formula is C12H21N3O2. The van der Waals surface area contributed by atoms with Crippen molar-refractivity contribution in [2.45, 2.75) is 20.8 Å². The summed E-state index contributed by atoms with van der Waals surface area (Å²) in [6.07, 6.45) is 1.49. The van der Waals surface area contributed by atoms with Crippen LogP contribution >= 0.6 is 0 Å². The average Bonchev–Trinajstić information content (AvgIpc) is 2.29. The molecule has 96 valence electrons. The Bertz CT molecular complexity index is 318. The molecule has 0 aliphatic carbocycles. The van der Waals surface area contributed by atoms with Crippen molar-refractivity contribution in [2.75, 3.05) is 31.7 Å². The van der Waals surface area contributed by atoms with Gasteiger partial charge in [-0.15, -0.1) is 0 Å². The smallest absolute Gasteiger partial charge is 0.218 e. The minimum Gasteiger partial charge on any atom is -0.475 e. The van der Waals surface area contributed by atoms with E-state index in [0.29, 0.717) is 25.0 Å². The van der Waals surface area contributed by atoms with Crippen LogP contribution in [0.2, 0.25) is 0 Å². The van der Waals surface area contributed by atoms with E-state index in [1.165, 1.54) is 6.33 Å². The Hall–Kier alpha value is -1.36. The van der Waals surface area contributed by atoms with Gasteiger partial charge in [-0.3, -0.25) is 0 Å². The van der Waals surface area contributed by atoms with Crippen LogP contribution in [-0.4, -0.2) is 36.3 Å². The summed E-state index contributed by atoms with van der Waals surface area (Å²) in [5.74, 6) is 1.90. The van der Waals surface area contributed by atoms with Crippen LogP contribution in [0.25, 0.3) is 0 Å². The zero-order valence-electron chi connectivity index (χ0n) is 10.8. The average molecular weight is 239 g/mol. The maximum Gasteiger partial charge on any atom is 0.218 e. The second-order valence-electron chi connectivity index (χ2n) is 4.09. The Balaban J connectivity index is 2.24. The molecule has 0 saturated carbocycles. The van der Waals surface area contributed by atoms with Gasteiger partial charge in [0.2, 0.25) is 5.88 Å². The normalized spacial score (nSPS) is 10.6. The lowest BCUT2D eigenvalue weighted by molar-refractivity contribution is 0.0806. The van der Waals surface area contributed by atoms with Crippen LogP contribution in [0.4, 0.5) is 5.82 Å². The highest BCUT2D eigenvalue weighted by Crippen LogP contribution is 2.10. The summed E-state index contributed by atoms with van der Waals surface area (Å²) < 4.78 is 10.9. The van der Waals surface area contributed by atoms with Gasteiger partial charge in [0.15, 0.2) is 0 Å². The molecule has 0 amide bonds. The second-order valence-corrected chi connectivity index (χ2v) is 4.09. The van der Waals surface area contributed by atoms with Crippen molar-refractivity contribution >= 4 is 5.82 Å². The monoisotopic (exact) mass is 239 g/mol. The quantitative estimate of drug-likeness (QED) is 0.703. The van der Waals surface area contributed by atoms with Gasteiger partial charge in [0, 0.05) is 19.2 Å². The van der Waals surface area contributed by atoms with Crippen molar-refractivity contribution < 1.29 is 9.47 Å². The maximum atomic E-state index is 5.46. The Morgan fingerprint density at radius 1 is 1.29 bits per heavy atom. The number of hydrogen-bond donors (Lipinski definition) is 1. The molecule has 1 aromatic rings. The number of aromatic nitrogens is 2. The molecule has 0 spiro atoms. The molecule has 1 aromatic heterocycles. The van der Waals surface area contributed by atoms with Gasteiger partial charge >= 0.3 is 0 Å². The summed E-state index contributed by atoms with van der Waals surface area (Å²) in [6, 6.07) is 1.78. The Morgan fingerprint density at radius 2 is 2.12 bits per heavy atom. The zero-order valence-corrected chi connectivity index (χ0v) is 10.8. The fourth-order valence-corrected chi connectivity index (χ4v) is 1.22. The molecule has 0 bridgehead atoms. The molecule has 0 saturated heterocycles. The summed E-state index contributed by atoms with van der Waals surface area (Å²) in [5.41, 5.74) is 0. The highest BCUT2D eigenvalue weighted by molar-refractivity contribution is 5.36. The zero-order chi connectivity index (χ0) is 12.5. The molecule has 0 radical (unpaired) electrons. The first-order valence-electron chi connectivity index (χ1n) is 5.98. The summed E-state index contributed by atoms with van der Waals surface area (Å²) in [7, 11) is 0. The van der Waals surface area contributed by atoms with Crippen molar-refractivity contribution in [1.29, 1.82) is 0 Å². The minimum atomic E-state index is 0.509. The van der Waals surface area contributed by atoms with Crippen LogP contribution in [-0.2, 0) is 4.74 Å². The van der Waals surface area contributed by atoms with Gasteiger partial charge in [-0.1, -0.05) is 13.8 Å². The fraction of sp³-hybridized carbons (Fsp3) is 0.667. The molecule has 0 aliphatic heterocycles. The summed E-state index contributed by atoms with van der Waals surface area (Å²) in [5, 5.41) is 3.10. The Kier molecular flexibility index (Phi) is 6.32. The summed E-state index contributed by atoms with van der Waals surface area (Å²) >= 11 is 0. The molecule has 0 atom stereocenters. The van der Waals surface area contributed by atoms with Gasteiger partial charge in [-0.25, -0.2) is 9.97 Å². The highest BCUT2D eigenvalue weighted by atomic mass is 16.5. The molecule has 0 aromatic carbocycles. The van der Waals surface area contributed by atoms with Crippen LogP contribution in [0.1, 0.15) is 20.8 Å².